The van der Waals surface area contributed by atoms with Gasteiger partial charge in [0.25, 0.3) is 0 Å². The summed E-state index contributed by atoms with van der Waals surface area (Å²) in [7, 11) is 1.62. The van der Waals surface area contributed by atoms with Crippen LogP contribution in [0, 0.1) is 12.8 Å². The predicted molar refractivity (Wildman–Crippen MR) is 100 cm³/mol. The van der Waals surface area contributed by atoms with E-state index in [2.05, 4.69) is 6.07 Å². The molecule has 0 saturated carbocycles. The van der Waals surface area contributed by atoms with E-state index in [1.807, 2.05) is 49.4 Å². The average Bonchev–Trinajstić information content (AvgIpc) is 2.60. The van der Waals surface area contributed by atoms with Gasteiger partial charge in [0.2, 0.25) is 5.91 Å². The summed E-state index contributed by atoms with van der Waals surface area (Å²) in [5.74, 6) is -0.906. The van der Waals surface area contributed by atoms with Gasteiger partial charge >= 0.3 is 5.97 Å². The minimum absolute atomic E-state index is 0.117. The topological polar surface area (TPSA) is 66.8 Å². The highest BCUT2D eigenvalue weighted by Crippen LogP contribution is 2.17. The lowest BCUT2D eigenvalue weighted by Crippen LogP contribution is -2.34. The van der Waals surface area contributed by atoms with Crippen LogP contribution in [0.5, 0.6) is 5.75 Å². The lowest BCUT2D eigenvalue weighted by Gasteiger charge is -2.19. The average molecular weight is 355 g/mol. The minimum atomic E-state index is -0.906. The third-order valence-corrected chi connectivity index (χ3v) is 4.14. The van der Waals surface area contributed by atoms with Crippen molar-refractivity contribution in [1.29, 1.82) is 0 Å². The number of nitrogens with zero attached hydrogens (tertiary/aromatic N) is 1. The zero-order valence-electron chi connectivity index (χ0n) is 15.4. The normalized spacial score (nSPS) is 11.7. The van der Waals surface area contributed by atoms with E-state index in [1.165, 1.54) is 10.5 Å². The maximum absolute atomic E-state index is 12.3. The fourth-order valence-corrected chi connectivity index (χ4v) is 2.61. The molecule has 0 aliphatic rings. The number of rotatable bonds is 8. The van der Waals surface area contributed by atoms with Crippen molar-refractivity contribution in [2.45, 2.75) is 26.9 Å². The van der Waals surface area contributed by atoms with Gasteiger partial charge in [-0.05, 0) is 30.2 Å². The first kappa shape index (κ1) is 19.5. The molecule has 0 bridgehead atoms. The summed E-state index contributed by atoms with van der Waals surface area (Å²) in [6, 6.07) is 15.6. The van der Waals surface area contributed by atoms with Crippen molar-refractivity contribution in [2.24, 2.45) is 5.92 Å². The molecule has 0 saturated heterocycles. The standard InChI is InChI=1S/C21H25NO4/c1-15-6-4-8-18(10-15)14-26-19-9-5-7-17(11-19)12-20(23)22(3)13-16(2)21(24)25/h4-11,16H,12-14H2,1-3H3,(H,24,25). The number of carbonyl (C=O) groups is 2. The fraction of sp³-hybridized carbons (Fsp3) is 0.333. The number of ether oxygens (including phenoxy) is 1. The Labute approximate surface area is 154 Å². The van der Waals surface area contributed by atoms with Crippen LogP contribution in [-0.4, -0.2) is 35.5 Å². The second-order valence-corrected chi connectivity index (χ2v) is 6.62. The Morgan fingerprint density at radius 3 is 2.50 bits per heavy atom. The SMILES string of the molecule is Cc1cccc(COc2cccc(CC(=O)N(C)CC(C)C(=O)O)c2)c1. The molecule has 1 N–H and O–H groups in total. The van der Waals surface area contributed by atoms with Crippen LogP contribution < -0.4 is 4.74 Å². The van der Waals surface area contributed by atoms with Crippen LogP contribution in [0.15, 0.2) is 48.5 Å². The van der Waals surface area contributed by atoms with Gasteiger partial charge in [0.15, 0.2) is 0 Å². The van der Waals surface area contributed by atoms with Gasteiger partial charge in [0.1, 0.15) is 12.4 Å². The van der Waals surface area contributed by atoms with E-state index < -0.39 is 11.9 Å². The fourth-order valence-electron chi connectivity index (χ4n) is 2.61. The minimum Gasteiger partial charge on any atom is -0.489 e. The highest BCUT2D eigenvalue weighted by atomic mass is 16.5. The quantitative estimate of drug-likeness (QED) is 0.789. The van der Waals surface area contributed by atoms with Gasteiger partial charge < -0.3 is 14.7 Å². The summed E-state index contributed by atoms with van der Waals surface area (Å²) < 4.78 is 5.82. The molecule has 1 amide bonds. The van der Waals surface area contributed by atoms with Crippen LogP contribution in [0.2, 0.25) is 0 Å². The smallest absolute Gasteiger partial charge is 0.308 e. The largest absolute Gasteiger partial charge is 0.489 e. The summed E-state index contributed by atoms with van der Waals surface area (Å²) in [6.45, 7) is 4.29. The highest BCUT2D eigenvalue weighted by Gasteiger charge is 2.17. The number of likely N-dealkylation sites (N-methyl/N-ethyl adjacent to an activating group) is 1. The Morgan fingerprint density at radius 2 is 1.81 bits per heavy atom. The lowest BCUT2D eigenvalue weighted by molar-refractivity contribution is -0.142. The molecule has 5 nitrogen and oxygen atoms in total. The monoisotopic (exact) mass is 355 g/mol. The number of benzene rings is 2. The number of hydrogen-bond donors (Lipinski definition) is 1. The van der Waals surface area contributed by atoms with Crippen LogP contribution in [0.4, 0.5) is 0 Å². The van der Waals surface area contributed by atoms with Gasteiger partial charge in [-0.15, -0.1) is 0 Å². The molecule has 2 aromatic carbocycles. The molecule has 0 aliphatic heterocycles. The van der Waals surface area contributed by atoms with Crippen molar-refractivity contribution in [3.63, 3.8) is 0 Å². The second-order valence-electron chi connectivity index (χ2n) is 6.62. The van der Waals surface area contributed by atoms with E-state index >= 15 is 0 Å². The Kier molecular flexibility index (Phi) is 6.78. The summed E-state index contributed by atoms with van der Waals surface area (Å²) >= 11 is 0. The molecular weight excluding hydrogens is 330 g/mol. The van der Waals surface area contributed by atoms with Crippen LogP contribution >= 0.6 is 0 Å². The Bertz CT molecular complexity index is 772. The maximum atomic E-state index is 12.3. The number of amides is 1. The summed E-state index contributed by atoms with van der Waals surface area (Å²) in [5, 5.41) is 8.95. The van der Waals surface area contributed by atoms with E-state index in [9.17, 15) is 9.59 Å². The van der Waals surface area contributed by atoms with Crippen LogP contribution in [0.1, 0.15) is 23.6 Å². The van der Waals surface area contributed by atoms with E-state index in [0.29, 0.717) is 12.4 Å². The number of carboxylic acid groups (broad SMARTS) is 1. The zero-order chi connectivity index (χ0) is 19.1. The van der Waals surface area contributed by atoms with Crippen LogP contribution in [0.25, 0.3) is 0 Å². The molecule has 0 aromatic heterocycles. The van der Waals surface area contributed by atoms with Gasteiger partial charge in [-0.3, -0.25) is 9.59 Å². The predicted octanol–water partition coefficient (Wildman–Crippen LogP) is 3.30. The Hall–Kier alpha value is -2.82. The van der Waals surface area contributed by atoms with E-state index in [1.54, 1.807) is 14.0 Å². The molecule has 26 heavy (non-hydrogen) atoms. The number of carbonyl (C=O) groups excluding carboxylic acids is 1. The lowest BCUT2D eigenvalue weighted by atomic mass is 10.1. The number of carboxylic acids is 1. The van der Waals surface area contributed by atoms with Gasteiger partial charge in [-0.1, -0.05) is 48.9 Å². The molecule has 1 unspecified atom stereocenters. The molecule has 0 fully saturated rings. The number of aryl methyl sites for hydroxylation is 1. The van der Waals surface area contributed by atoms with E-state index in [0.717, 1.165) is 11.1 Å². The van der Waals surface area contributed by atoms with Crippen molar-refractivity contribution < 1.29 is 19.4 Å². The summed E-state index contributed by atoms with van der Waals surface area (Å²) in [6.07, 6.45) is 0.213. The van der Waals surface area contributed by atoms with E-state index in [4.69, 9.17) is 9.84 Å². The molecule has 2 rings (SSSR count). The molecule has 5 heteroatoms. The van der Waals surface area contributed by atoms with Crippen molar-refractivity contribution in [3.05, 3.63) is 65.2 Å². The van der Waals surface area contributed by atoms with Crippen molar-refractivity contribution in [1.82, 2.24) is 4.90 Å². The van der Waals surface area contributed by atoms with Gasteiger partial charge in [0, 0.05) is 13.6 Å². The van der Waals surface area contributed by atoms with Crippen molar-refractivity contribution in [2.75, 3.05) is 13.6 Å². The molecule has 0 heterocycles. The Morgan fingerprint density at radius 1 is 1.12 bits per heavy atom. The van der Waals surface area contributed by atoms with Gasteiger partial charge in [0.05, 0.1) is 12.3 Å². The van der Waals surface area contributed by atoms with Crippen LogP contribution in [-0.2, 0) is 22.6 Å². The zero-order valence-corrected chi connectivity index (χ0v) is 15.4. The maximum Gasteiger partial charge on any atom is 0.308 e. The molecule has 0 aliphatic carbocycles. The number of aliphatic carboxylic acids is 1. The molecule has 0 radical (unpaired) electrons. The van der Waals surface area contributed by atoms with Gasteiger partial charge in [-0.25, -0.2) is 0 Å². The highest BCUT2D eigenvalue weighted by molar-refractivity contribution is 5.79. The molecule has 2 aromatic rings. The van der Waals surface area contributed by atoms with Crippen molar-refractivity contribution >= 4 is 11.9 Å². The first-order valence-corrected chi connectivity index (χ1v) is 8.59. The second kappa shape index (κ2) is 9.04. The van der Waals surface area contributed by atoms with E-state index in [-0.39, 0.29) is 18.9 Å². The summed E-state index contributed by atoms with van der Waals surface area (Å²) in [4.78, 5) is 24.7. The van der Waals surface area contributed by atoms with Crippen LogP contribution in [0.3, 0.4) is 0 Å². The number of hydrogen-bond acceptors (Lipinski definition) is 3. The molecular formula is C21H25NO4. The van der Waals surface area contributed by atoms with Gasteiger partial charge in [-0.2, -0.15) is 0 Å². The third kappa shape index (κ3) is 5.92. The molecule has 138 valence electrons. The molecule has 1 atom stereocenters. The Balaban J connectivity index is 1.93. The third-order valence-electron chi connectivity index (χ3n) is 4.14. The van der Waals surface area contributed by atoms with Crippen molar-refractivity contribution in [3.8, 4) is 5.75 Å². The summed E-state index contributed by atoms with van der Waals surface area (Å²) in [5.41, 5.74) is 3.12. The molecule has 0 spiro atoms. The first-order valence-electron chi connectivity index (χ1n) is 8.59. The first-order chi connectivity index (χ1) is 12.3.